The van der Waals surface area contributed by atoms with E-state index in [1.165, 1.54) is 4.90 Å². The molecule has 3 atom stereocenters. The molecule has 2 aromatic rings. The molecule has 1 aliphatic carbocycles. The number of hydrogen-bond donors (Lipinski definition) is 1. The summed E-state index contributed by atoms with van der Waals surface area (Å²) in [6.45, 7) is 4.01. The van der Waals surface area contributed by atoms with Gasteiger partial charge in [-0.3, -0.25) is 19.3 Å². The summed E-state index contributed by atoms with van der Waals surface area (Å²) in [6, 6.07) is 12.0. The smallest absolute Gasteiger partial charge is 0.255 e. The van der Waals surface area contributed by atoms with Crippen LogP contribution in [0.15, 0.2) is 42.5 Å². The second-order valence-corrected chi connectivity index (χ2v) is 8.54. The van der Waals surface area contributed by atoms with E-state index in [0.29, 0.717) is 27.9 Å². The number of carbonyl (C=O) groups is 3. The Morgan fingerprint density at radius 1 is 1.07 bits per heavy atom. The summed E-state index contributed by atoms with van der Waals surface area (Å²) in [5, 5.41) is 3.38. The zero-order valence-corrected chi connectivity index (χ0v) is 17.2. The molecule has 3 amide bonds. The third kappa shape index (κ3) is 3.67. The number of nitrogens with zero attached hydrogens (tertiary/aromatic N) is 1. The van der Waals surface area contributed by atoms with E-state index in [1.54, 1.807) is 36.4 Å². The molecule has 1 N–H and O–H groups in total. The summed E-state index contributed by atoms with van der Waals surface area (Å²) in [7, 11) is 0. The predicted molar refractivity (Wildman–Crippen MR) is 113 cm³/mol. The topological polar surface area (TPSA) is 66.5 Å². The molecule has 6 heteroatoms. The van der Waals surface area contributed by atoms with Crippen molar-refractivity contribution in [2.45, 2.75) is 33.1 Å². The standard InChI is InChI=1S/C23H23ClN2O3/c1-13-6-9-18-19(10-13)23(29)26(22(18)28)17-5-3-4-15(11-17)21(27)25-20-12-16(24)8-7-14(20)2/h3-5,7-8,11-13,18-19H,6,9-10H2,1-2H3,(H,25,27)/t13-,18+,19-/m1/s1. The van der Waals surface area contributed by atoms with E-state index in [1.807, 2.05) is 13.0 Å². The van der Waals surface area contributed by atoms with Gasteiger partial charge in [-0.05, 0) is 68.0 Å². The molecule has 2 aromatic carbocycles. The van der Waals surface area contributed by atoms with Crippen LogP contribution in [0, 0.1) is 24.7 Å². The summed E-state index contributed by atoms with van der Waals surface area (Å²) in [4.78, 5) is 39.9. The monoisotopic (exact) mass is 410 g/mol. The highest BCUT2D eigenvalue weighted by Gasteiger charge is 2.50. The summed E-state index contributed by atoms with van der Waals surface area (Å²) in [5.74, 6) is -0.624. The van der Waals surface area contributed by atoms with Gasteiger partial charge in [-0.15, -0.1) is 0 Å². The van der Waals surface area contributed by atoms with Crippen molar-refractivity contribution in [2.75, 3.05) is 10.2 Å². The van der Waals surface area contributed by atoms with Crippen molar-refractivity contribution in [3.05, 3.63) is 58.6 Å². The van der Waals surface area contributed by atoms with E-state index in [4.69, 9.17) is 11.6 Å². The molecule has 4 rings (SSSR count). The molecule has 5 nitrogen and oxygen atoms in total. The van der Waals surface area contributed by atoms with Crippen molar-refractivity contribution in [3.63, 3.8) is 0 Å². The Bertz CT molecular complexity index is 1000. The van der Waals surface area contributed by atoms with Crippen LogP contribution in [0.4, 0.5) is 11.4 Å². The average molecular weight is 411 g/mol. The molecule has 29 heavy (non-hydrogen) atoms. The highest BCUT2D eigenvalue weighted by Crippen LogP contribution is 2.42. The normalized spacial score (nSPS) is 23.8. The number of imide groups is 1. The molecule has 2 fully saturated rings. The Morgan fingerprint density at radius 2 is 1.83 bits per heavy atom. The van der Waals surface area contributed by atoms with Gasteiger partial charge in [0.15, 0.2) is 0 Å². The number of hydrogen-bond acceptors (Lipinski definition) is 3. The van der Waals surface area contributed by atoms with E-state index in [0.717, 1.165) is 24.8 Å². The molecule has 0 aromatic heterocycles. The Labute approximate surface area is 175 Å². The minimum absolute atomic E-state index is 0.143. The number of amides is 3. The van der Waals surface area contributed by atoms with Gasteiger partial charge >= 0.3 is 0 Å². The molecular formula is C23H23ClN2O3. The number of fused-ring (bicyclic) bond motifs is 1. The molecule has 2 aliphatic rings. The third-order valence-electron chi connectivity index (χ3n) is 6.00. The van der Waals surface area contributed by atoms with E-state index < -0.39 is 0 Å². The number of halogens is 1. The molecule has 0 bridgehead atoms. The third-order valence-corrected chi connectivity index (χ3v) is 6.24. The van der Waals surface area contributed by atoms with E-state index in [2.05, 4.69) is 12.2 Å². The highest BCUT2D eigenvalue weighted by molar-refractivity contribution is 6.31. The van der Waals surface area contributed by atoms with Gasteiger partial charge < -0.3 is 5.32 Å². The first-order valence-electron chi connectivity index (χ1n) is 9.90. The Hall–Kier alpha value is -2.66. The maximum Gasteiger partial charge on any atom is 0.255 e. The van der Waals surface area contributed by atoms with Crippen molar-refractivity contribution in [1.29, 1.82) is 0 Å². The first-order valence-corrected chi connectivity index (χ1v) is 10.3. The molecule has 1 aliphatic heterocycles. The zero-order valence-electron chi connectivity index (χ0n) is 16.4. The molecular weight excluding hydrogens is 388 g/mol. The second-order valence-electron chi connectivity index (χ2n) is 8.11. The van der Waals surface area contributed by atoms with Crippen molar-refractivity contribution in [3.8, 4) is 0 Å². The number of aryl methyl sites for hydroxylation is 1. The van der Waals surface area contributed by atoms with Crippen LogP contribution in [0.5, 0.6) is 0 Å². The minimum atomic E-state index is -0.317. The Kier molecular flexibility index (Phi) is 5.17. The fraction of sp³-hybridized carbons (Fsp3) is 0.348. The van der Waals surface area contributed by atoms with Gasteiger partial charge in [0.25, 0.3) is 5.91 Å². The lowest BCUT2D eigenvalue weighted by Crippen LogP contribution is -2.31. The van der Waals surface area contributed by atoms with Gasteiger partial charge in [-0.1, -0.05) is 30.7 Å². The number of benzene rings is 2. The average Bonchev–Trinajstić information content (AvgIpc) is 2.94. The van der Waals surface area contributed by atoms with Gasteiger partial charge in [-0.2, -0.15) is 0 Å². The van der Waals surface area contributed by atoms with Crippen molar-refractivity contribution in [2.24, 2.45) is 17.8 Å². The van der Waals surface area contributed by atoms with Crippen molar-refractivity contribution < 1.29 is 14.4 Å². The van der Waals surface area contributed by atoms with Gasteiger partial charge in [0.1, 0.15) is 0 Å². The Morgan fingerprint density at radius 3 is 2.62 bits per heavy atom. The fourth-order valence-corrected chi connectivity index (χ4v) is 4.53. The van der Waals surface area contributed by atoms with Crippen LogP contribution in [0.25, 0.3) is 0 Å². The van der Waals surface area contributed by atoms with E-state index in [-0.39, 0.29) is 29.6 Å². The van der Waals surface area contributed by atoms with Crippen LogP contribution in [0.1, 0.15) is 42.1 Å². The first kappa shape index (κ1) is 19.6. The van der Waals surface area contributed by atoms with Crippen molar-refractivity contribution in [1.82, 2.24) is 0 Å². The van der Waals surface area contributed by atoms with Crippen LogP contribution >= 0.6 is 11.6 Å². The SMILES string of the molecule is Cc1ccc(Cl)cc1NC(=O)c1cccc(N2C(=O)[C@H]3CC[C@@H](C)C[C@H]3C2=O)c1. The maximum absolute atomic E-state index is 12.9. The van der Waals surface area contributed by atoms with E-state index in [9.17, 15) is 14.4 Å². The predicted octanol–water partition coefficient (Wildman–Crippen LogP) is 4.83. The van der Waals surface area contributed by atoms with Gasteiger partial charge in [0.05, 0.1) is 17.5 Å². The highest BCUT2D eigenvalue weighted by atomic mass is 35.5. The Balaban J connectivity index is 1.59. The largest absolute Gasteiger partial charge is 0.322 e. The summed E-state index contributed by atoms with van der Waals surface area (Å²) >= 11 is 6.03. The molecule has 0 spiro atoms. The minimum Gasteiger partial charge on any atom is -0.322 e. The second kappa shape index (κ2) is 7.64. The number of rotatable bonds is 3. The summed E-state index contributed by atoms with van der Waals surface area (Å²) in [6.07, 6.45) is 2.47. The van der Waals surface area contributed by atoms with Crippen LogP contribution in [0.2, 0.25) is 5.02 Å². The van der Waals surface area contributed by atoms with Gasteiger partial charge in [0, 0.05) is 16.3 Å². The fourth-order valence-electron chi connectivity index (χ4n) is 4.35. The zero-order chi connectivity index (χ0) is 20.7. The first-order chi connectivity index (χ1) is 13.8. The van der Waals surface area contributed by atoms with Crippen LogP contribution in [0.3, 0.4) is 0 Å². The number of anilines is 2. The molecule has 0 unspecified atom stereocenters. The van der Waals surface area contributed by atoms with Gasteiger partial charge in [-0.25, -0.2) is 0 Å². The molecule has 1 saturated heterocycles. The lowest BCUT2D eigenvalue weighted by Gasteiger charge is -2.25. The number of nitrogens with one attached hydrogen (secondary N) is 1. The van der Waals surface area contributed by atoms with Crippen LogP contribution in [-0.4, -0.2) is 17.7 Å². The number of carbonyl (C=O) groups excluding carboxylic acids is 3. The quantitative estimate of drug-likeness (QED) is 0.737. The lowest BCUT2D eigenvalue weighted by molar-refractivity contribution is -0.122. The van der Waals surface area contributed by atoms with Crippen LogP contribution in [-0.2, 0) is 9.59 Å². The summed E-state index contributed by atoms with van der Waals surface area (Å²) in [5.41, 5.74) is 2.35. The molecule has 0 radical (unpaired) electrons. The van der Waals surface area contributed by atoms with E-state index >= 15 is 0 Å². The summed E-state index contributed by atoms with van der Waals surface area (Å²) < 4.78 is 0. The lowest BCUT2D eigenvalue weighted by atomic mass is 9.76. The maximum atomic E-state index is 12.9. The van der Waals surface area contributed by atoms with Crippen LogP contribution < -0.4 is 10.2 Å². The van der Waals surface area contributed by atoms with Gasteiger partial charge in [0.2, 0.25) is 11.8 Å². The van der Waals surface area contributed by atoms with Crippen molar-refractivity contribution >= 4 is 40.7 Å². The molecule has 150 valence electrons. The molecule has 1 saturated carbocycles. The molecule has 1 heterocycles.